The van der Waals surface area contributed by atoms with E-state index in [9.17, 15) is 13.2 Å². The molecule has 5 nitrogen and oxygen atoms in total. The number of hydrogen-bond acceptors (Lipinski definition) is 4. The lowest BCUT2D eigenvalue weighted by Gasteiger charge is -2.03. The lowest BCUT2D eigenvalue weighted by Crippen LogP contribution is -2.08. The van der Waals surface area contributed by atoms with Crippen molar-refractivity contribution in [3.05, 3.63) is 16.7 Å². The maximum absolute atomic E-state index is 11.0. The van der Waals surface area contributed by atoms with E-state index in [1.165, 1.54) is 19.1 Å². The van der Waals surface area contributed by atoms with E-state index >= 15 is 0 Å². The van der Waals surface area contributed by atoms with E-state index in [1.54, 1.807) is 0 Å². The molecule has 1 N–H and O–H groups in total. The Balaban J connectivity index is 3.23. The van der Waals surface area contributed by atoms with Crippen LogP contribution in [-0.4, -0.2) is 19.3 Å². The van der Waals surface area contributed by atoms with Gasteiger partial charge in [-0.15, -0.1) is 0 Å². The van der Waals surface area contributed by atoms with Crippen LogP contribution in [0, 0.1) is 0 Å². The van der Waals surface area contributed by atoms with Crippen LogP contribution >= 0.6 is 26.6 Å². The van der Waals surface area contributed by atoms with Crippen molar-refractivity contribution < 1.29 is 13.2 Å². The van der Waals surface area contributed by atoms with Crippen LogP contribution in [0.1, 0.15) is 6.92 Å². The minimum atomic E-state index is -3.83. The summed E-state index contributed by atoms with van der Waals surface area (Å²) >= 11 is 3.01. The van der Waals surface area contributed by atoms with Gasteiger partial charge in [-0.1, -0.05) is 0 Å². The van der Waals surface area contributed by atoms with Crippen molar-refractivity contribution >= 4 is 47.4 Å². The summed E-state index contributed by atoms with van der Waals surface area (Å²) in [6, 6.07) is 2.42. The number of carbonyl (C=O) groups excluding carboxylic acids is 1. The highest BCUT2D eigenvalue weighted by Gasteiger charge is 2.13. The Kier molecular flexibility index (Phi) is 3.69. The summed E-state index contributed by atoms with van der Waals surface area (Å²) in [6.45, 7) is 1.29. The summed E-state index contributed by atoms with van der Waals surface area (Å²) in [5.74, 6) is -0.227. The van der Waals surface area contributed by atoms with Crippen LogP contribution in [0.3, 0.4) is 0 Å². The Morgan fingerprint density at radius 2 is 2.13 bits per heavy atom. The number of carbonyl (C=O) groups is 1. The smallest absolute Gasteiger partial charge is 0.261 e. The fourth-order valence-electron chi connectivity index (χ4n) is 0.859. The topological polar surface area (TPSA) is 76.1 Å². The van der Waals surface area contributed by atoms with E-state index in [4.69, 9.17) is 10.7 Å². The zero-order valence-electron chi connectivity index (χ0n) is 7.49. The number of hydrogen-bond donors (Lipinski definition) is 1. The van der Waals surface area contributed by atoms with Crippen molar-refractivity contribution in [3.63, 3.8) is 0 Å². The molecule has 0 aliphatic rings. The first-order chi connectivity index (χ1) is 6.79. The van der Waals surface area contributed by atoms with E-state index < -0.39 is 9.05 Å². The molecule has 1 amide bonds. The Morgan fingerprint density at radius 3 is 2.60 bits per heavy atom. The minimum Gasteiger partial charge on any atom is -0.311 e. The van der Waals surface area contributed by atoms with Gasteiger partial charge in [-0.05, 0) is 22.0 Å². The summed E-state index contributed by atoms with van der Waals surface area (Å²) in [7, 11) is 1.32. The summed E-state index contributed by atoms with van der Waals surface area (Å²) < 4.78 is 22.3. The molecule has 1 heterocycles. The number of aromatic nitrogens is 1. The molecule has 0 unspecified atom stereocenters. The first-order valence-electron chi connectivity index (χ1n) is 3.69. The third-order valence-corrected chi connectivity index (χ3v) is 3.09. The maximum Gasteiger partial charge on any atom is 0.261 e. The van der Waals surface area contributed by atoms with Gasteiger partial charge >= 0.3 is 0 Å². The van der Waals surface area contributed by atoms with Gasteiger partial charge in [-0.2, -0.15) is 0 Å². The maximum atomic E-state index is 11.0. The fraction of sp³-hybridized carbons (Fsp3) is 0.143. The van der Waals surface area contributed by atoms with Gasteiger partial charge in [-0.3, -0.25) is 4.79 Å². The van der Waals surface area contributed by atoms with E-state index in [0.717, 1.165) is 0 Å². The van der Waals surface area contributed by atoms with Gasteiger partial charge < -0.3 is 5.32 Å². The van der Waals surface area contributed by atoms with Crippen molar-refractivity contribution in [2.45, 2.75) is 11.8 Å². The Hall–Kier alpha value is -0.660. The van der Waals surface area contributed by atoms with Crippen LogP contribution in [0.2, 0.25) is 0 Å². The second-order valence-electron chi connectivity index (χ2n) is 2.63. The minimum absolute atomic E-state index is 0.121. The number of amides is 1. The molecule has 0 aromatic carbocycles. The second-order valence-corrected chi connectivity index (χ2v) is 6.01. The first-order valence-corrected chi connectivity index (χ1v) is 6.79. The van der Waals surface area contributed by atoms with Crippen molar-refractivity contribution in [2.75, 3.05) is 5.32 Å². The molecule has 1 aromatic rings. The molecule has 0 aliphatic carbocycles. The van der Waals surface area contributed by atoms with Gasteiger partial charge in [0, 0.05) is 23.7 Å². The van der Waals surface area contributed by atoms with E-state index in [-0.39, 0.29) is 21.2 Å². The Labute approximate surface area is 99.4 Å². The molecule has 15 heavy (non-hydrogen) atoms. The number of anilines is 1. The van der Waals surface area contributed by atoms with Gasteiger partial charge in [0.15, 0.2) is 0 Å². The van der Waals surface area contributed by atoms with Gasteiger partial charge in [0.25, 0.3) is 9.05 Å². The predicted octanol–water partition coefficient (Wildman–Crippen LogP) is 1.73. The quantitative estimate of drug-likeness (QED) is 0.666. The van der Waals surface area contributed by atoms with Gasteiger partial charge in [0.1, 0.15) is 10.4 Å². The molecule has 0 aliphatic heterocycles. The number of pyridine rings is 1. The zero-order chi connectivity index (χ0) is 11.6. The molecule has 0 spiro atoms. The SMILES string of the molecule is CC(=O)Nc1cc(S(=O)(=O)Cl)cc(Br)n1. The molecule has 8 heteroatoms. The summed E-state index contributed by atoms with van der Waals surface area (Å²) in [5, 5.41) is 2.35. The highest BCUT2D eigenvalue weighted by molar-refractivity contribution is 9.10. The van der Waals surface area contributed by atoms with E-state index in [2.05, 4.69) is 26.2 Å². The lowest BCUT2D eigenvalue weighted by molar-refractivity contribution is -0.114. The van der Waals surface area contributed by atoms with Crippen LogP contribution < -0.4 is 5.32 Å². The van der Waals surface area contributed by atoms with Gasteiger partial charge in [0.05, 0.1) is 4.90 Å². The number of halogens is 2. The number of rotatable bonds is 2. The summed E-state index contributed by atoms with van der Waals surface area (Å²) in [5.41, 5.74) is 0. The van der Waals surface area contributed by atoms with Crippen LogP contribution in [0.5, 0.6) is 0 Å². The average Bonchev–Trinajstić information content (AvgIpc) is 1.99. The predicted molar refractivity (Wildman–Crippen MR) is 59.3 cm³/mol. The molecule has 1 rings (SSSR count). The van der Waals surface area contributed by atoms with Crippen LogP contribution in [-0.2, 0) is 13.8 Å². The van der Waals surface area contributed by atoms with Crippen LogP contribution in [0.15, 0.2) is 21.6 Å². The van der Waals surface area contributed by atoms with Gasteiger partial charge in [0.2, 0.25) is 5.91 Å². The summed E-state index contributed by atoms with van der Waals surface area (Å²) in [6.07, 6.45) is 0. The Morgan fingerprint density at radius 1 is 1.53 bits per heavy atom. The number of nitrogens with zero attached hydrogens (tertiary/aromatic N) is 1. The van der Waals surface area contributed by atoms with Crippen LogP contribution in [0.4, 0.5) is 5.82 Å². The van der Waals surface area contributed by atoms with E-state index in [0.29, 0.717) is 0 Å². The standard InChI is InChI=1S/C7H6BrClN2O3S/c1-4(12)10-7-3-5(15(9,13)14)2-6(8)11-7/h2-3H,1H3,(H,10,11,12). The monoisotopic (exact) mass is 312 g/mol. The highest BCUT2D eigenvalue weighted by Crippen LogP contribution is 2.21. The molecule has 0 saturated carbocycles. The molecule has 0 fully saturated rings. The molecule has 0 radical (unpaired) electrons. The zero-order valence-corrected chi connectivity index (χ0v) is 10.6. The van der Waals surface area contributed by atoms with Crippen molar-refractivity contribution in [3.8, 4) is 0 Å². The first kappa shape index (κ1) is 12.4. The third-order valence-electron chi connectivity index (χ3n) is 1.35. The summed E-state index contributed by atoms with van der Waals surface area (Å²) in [4.78, 5) is 14.5. The van der Waals surface area contributed by atoms with Crippen molar-refractivity contribution in [1.82, 2.24) is 4.98 Å². The molecular formula is C7H6BrClN2O3S. The Bertz CT molecular complexity index is 503. The van der Waals surface area contributed by atoms with Crippen LogP contribution in [0.25, 0.3) is 0 Å². The van der Waals surface area contributed by atoms with Gasteiger partial charge in [-0.25, -0.2) is 13.4 Å². The highest BCUT2D eigenvalue weighted by atomic mass is 79.9. The molecule has 0 atom stereocenters. The molecule has 1 aromatic heterocycles. The normalized spacial score (nSPS) is 11.1. The average molecular weight is 314 g/mol. The molecular weight excluding hydrogens is 308 g/mol. The van der Waals surface area contributed by atoms with E-state index in [1.807, 2.05) is 0 Å². The molecule has 0 saturated heterocycles. The largest absolute Gasteiger partial charge is 0.311 e. The van der Waals surface area contributed by atoms with Crippen molar-refractivity contribution in [2.24, 2.45) is 0 Å². The second kappa shape index (κ2) is 4.46. The molecule has 82 valence electrons. The van der Waals surface area contributed by atoms with Crippen molar-refractivity contribution in [1.29, 1.82) is 0 Å². The third kappa shape index (κ3) is 3.77. The fourth-order valence-corrected chi connectivity index (χ4v) is 2.22. The lowest BCUT2D eigenvalue weighted by atomic mass is 10.4. The number of nitrogens with one attached hydrogen (secondary N) is 1. The molecule has 0 bridgehead atoms.